The monoisotopic (exact) mass is 466 g/mol. The molecule has 1 aliphatic rings. The number of carbonyl (C=O) groups is 2. The highest BCUT2D eigenvalue weighted by Crippen LogP contribution is 2.41. The van der Waals surface area contributed by atoms with Crippen LogP contribution in [0.25, 0.3) is 0 Å². The number of fused-ring (bicyclic) bond motifs is 1. The van der Waals surface area contributed by atoms with E-state index in [-0.39, 0.29) is 24.7 Å². The number of hydrogen-bond acceptors (Lipinski definition) is 8. The van der Waals surface area contributed by atoms with Crippen LogP contribution < -0.4 is 14.2 Å². The lowest BCUT2D eigenvalue weighted by atomic mass is 10.0. The predicted octanol–water partition coefficient (Wildman–Crippen LogP) is 4.68. The van der Waals surface area contributed by atoms with E-state index >= 15 is 0 Å². The van der Waals surface area contributed by atoms with Gasteiger partial charge in [-0.15, -0.1) is 0 Å². The number of unbranched alkanes of at least 4 members (excludes halogenated alkanes) is 5. The van der Waals surface area contributed by atoms with E-state index in [2.05, 4.69) is 11.6 Å². The average molecular weight is 467 g/mol. The fourth-order valence-electron chi connectivity index (χ4n) is 3.59. The minimum absolute atomic E-state index is 0.00749. The van der Waals surface area contributed by atoms with E-state index in [0.29, 0.717) is 18.1 Å². The summed E-state index contributed by atoms with van der Waals surface area (Å²) < 4.78 is 21.5. The van der Waals surface area contributed by atoms with E-state index < -0.39 is 5.97 Å². The van der Waals surface area contributed by atoms with Crippen LogP contribution in [0.1, 0.15) is 71.8 Å². The van der Waals surface area contributed by atoms with Gasteiger partial charge in [-0.1, -0.05) is 51.2 Å². The van der Waals surface area contributed by atoms with Crippen LogP contribution in [0.5, 0.6) is 11.5 Å². The van der Waals surface area contributed by atoms with Gasteiger partial charge in [0.15, 0.2) is 11.5 Å². The molecule has 180 valence electrons. The lowest BCUT2D eigenvalue weighted by Gasteiger charge is -2.20. The van der Waals surface area contributed by atoms with E-state index in [1.54, 1.807) is 13.0 Å². The van der Waals surface area contributed by atoms with Crippen molar-refractivity contribution in [3.05, 3.63) is 23.8 Å². The highest BCUT2D eigenvalue weighted by Gasteiger charge is 2.32. The van der Waals surface area contributed by atoms with Crippen molar-refractivity contribution in [3.63, 3.8) is 0 Å². The smallest absolute Gasteiger partial charge is 0.326 e. The summed E-state index contributed by atoms with van der Waals surface area (Å²) in [6.45, 7) is 9.30. The second kappa shape index (κ2) is 13.7. The van der Waals surface area contributed by atoms with E-state index in [4.69, 9.17) is 14.2 Å². The van der Waals surface area contributed by atoms with Crippen molar-refractivity contribution in [1.82, 2.24) is 9.03 Å². The summed E-state index contributed by atoms with van der Waals surface area (Å²) in [5.41, 5.74) is 0.741. The van der Waals surface area contributed by atoms with Gasteiger partial charge in [-0.2, -0.15) is 0 Å². The summed E-state index contributed by atoms with van der Waals surface area (Å²) in [7, 11) is 0. The Labute approximate surface area is 196 Å². The molecule has 1 N–H and O–H groups in total. The highest BCUT2D eigenvalue weighted by molar-refractivity contribution is 7.95. The molecule has 1 aromatic carbocycles. The maximum Gasteiger partial charge on any atom is 0.326 e. The van der Waals surface area contributed by atoms with Gasteiger partial charge in [0.1, 0.15) is 18.7 Å². The topological polar surface area (TPSA) is 77.1 Å². The number of esters is 2. The molecule has 0 bridgehead atoms. The van der Waals surface area contributed by atoms with Crippen molar-refractivity contribution in [2.75, 3.05) is 26.2 Å². The molecule has 0 saturated carbocycles. The number of hydrogen-bond donors (Lipinski definition) is 1. The first-order valence-electron chi connectivity index (χ1n) is 11.7. The first-order chi connectivity index (χ1) is 15.3. The summed E-state index contributed by atoms with van der Waals surface area (Å²) in [5.74, 6) is 0.413. The summed E-state index contributed by atoms with van der Waals surface area (Å²) in [5, 5.41) is 0. The molecule has 0 spiro atoms. The second-order valence-electron chi connectivity index (χ2n) is 8.61. The number of carbonyl (C=O) groups excluding carboxylic acids is 2. The van der Waals surface area contributed by atoms with Crippen LogP contribution in [0.2, 0.25) is 0 Å². The Morgan fingerprint density at radius 2 is 1.88 bits per heavy atom. The molecule has 1 aromatic rings. The molecular weight excluding hydrogens is 428 g/mol. The molecular formula is C24H38N2O5S. The summed E-state index contributed by atoms with van der Waals surface area (Å²) in [4.78, 5) is 24.3. The molecule has 0 unspecified atom stereocenters. The molecule has 2 rings (SSSR count). The third kappa shape index (κ3) is 9.38. The minimum atomic E-state index is -0.408. The normalized spacial score (nSPS) is 14.2. The Bertz CT molecular complexity index is 741. The zero-order valence-corrected chi connectivity index (χ0v) is 20.7. The fourth-order valence-corrected chi connectivity index (χ4v) is 4.34. The zero-order valence-electron chi connectivity index (χ0n) is 19.9. The van der Waals surface area contributed by atoms with E-state index in [1.807, 2.05) is 30.3 Å². The Kier molecular flexibility index (Phi) is 11.3. The number of nitrogens with one attached hydrogen (secondary N) is 1. The lowest BCUT2D eigenvalue weighted by Crippen LogP contribution is -2.32. The molecule has 8 heteroatoms. The minimum Gasteiger partial charge on any atom is -0.483 e. The molecule has 0 fully saturated rings. The van der Waals surface area contributed by atoms with Crippen molar-refractivity contribution in [1.29, 1.82) is 0 Å². The van der Waals surface area contributed by atoms with Crippen LogP contribution in [0.3, 0.4) is 0 Å². The fraction of sp³-hybridized carbons (Fsp3) is 0.667. The molecule has 32 heavy (non-hydrogen) atoms. The van der Waals surface area contributed by atoms with Crippen molar-refractivity contribution < 1.29 is 23.8 Å². The number of benzene rings is 1. The van der Waals surface area contributed by atoms with Crippen LogP contribution in [-0.2, 0) is 20.7 Å². The molecule has 0 aromatic heterocycles. The maximum atomic E-state index is 12.4. The highest BCUT2D eigenvalue weighted by atomic mass is 32.2. The number of nitrogens with zero attached hydrogens (tertiary/aromatic N) is 1. The summed E-state index contributed by atoms with van der Waals surface area (Å²) in [6.07, 6.45) is 7.83. The number of ether oxygens (including phenoxy) is 3. The first-order valence-corrected chi connectivity index (χ1v) is 12.4. The molecule has 7 nitrogen and oxygen atoms in total. The van der Waals surface area contributed by atoms with E-state index in [0.717, 1.165) is 31.4 Å². The number of rotatable bonds is 15. The van der Waals surface area contributed by atoms with E-state index in [9.17, 15) is 9.59 Å². The Morgan fingerprint density at radius 3 is 2.62 bits per heavy atom. The van der Waals surface area contributed by atoms with Crippen LogP contribution in [0, 0.1) is 0 Å². The quantitative estimate of drug-likeness (QED) is 0.173. The van der Waals surface area contributed by atoms with Gasteiger partial charge >= 0.3 is 11.9 Å². The zero-order chi connectivity index (χ0) is 23.4. The first kappa shape index (κ1) is 26.5. The van der Waals surface area contributed by atoms with Crippen LogP contribution in [-0.4, -0.2) is 48.1 Å². The average Bonchev–Trinajstić information content (AvgIpc) is 3.05. The van der Waals surface area contributed by atoms with Gasteiger partial charge in [-0.05, 0) is 33.3 Å². The van der Waals surface area contributed by atoms with E-state index in [1.165, 1.54) is 37.8 Å². The van der Waals surface area contributed by atoms with Gasteiger partial charge in [-0.3, -0.25) is 9.59 Å². The van der Waals surface area contributed by atoms with Gasteiger partial charge in [0.2, 0.25) is 0 Å². The van der Waals surface area contributed by atoms with Gasteiger partial charge in [0.25, 0.3) is 0 Å². The Morgan fingerprint density at radius 1 is 1.12 bits per heavy atom. The summed E-state index contributed by atoms with van der Waals surface area (Å²) >= 11 is 1.26. The van der Waals surface area contributed by atoms with Crippen molar-refractivity contribution in [2.45, 2.75) is 78.2 Å². The van der Waals surface area contributed by atoms with Gasteiger partial charge in [-0.25, -0.2) is 9.03 Å². The number of para-hydroxylation sites is 1. The largest absolute Gasteiger partial charge is 0.483 e. The third-order valence-corrected chi connectivity index (χ3v) is 5.90. The molecule has 1 heterocycles. The lowest BCUT2D eigenvalue weighted by molar-refractivity contribution is -0.143. The molecule has 0 atom stereocenters. The SMILES string of the molecule is CCCCCCCCN(CC(=O)OCC)SNCC(=O)Oc1cccc2c1OC(C)(C)C2. The third-order valence-electron chi connectivity index (χ3n) is 5.06. The molecule has 0 aliphatic carbocycles. The Balaban J connectivity index is 1.79. The van der Waals surface area contributed by atoms with Crippen molar-refractivity contribution >= 4 is 24.1 Å². The Hall–Kier alpha value is -1.77. The molecule has 0 amide bonds. The van der Waals surface area contributed by atoms with Gasteiger partial charge in [0.05, 0.1) is 6.61 Å². The standard InChI is InChI=1S/C24H38N2O5S/c1-5-7-8-9-10-11-15-26(18-22(28)29-6-2)32-25-17-21(27)30-20-14-12-13-19-16-24(3,4)31-23(19)20/h12-14,25H,5-11,15-18H2,1-4H3. The molecule has 0 radical (unpaired) electrons. The van der Waals surface area contributed by atoms with Crippen molar-refractivity contribution in [3.8, 4) is 11.5 Å². The van der Waals surface area contributed by atoms with Gasteiger partial charge in [0, 0.05) is 30.7 Å². The molecule has 1 aliphatic heterocycles. The van der Waals surface area contributed by atoms with Gasteiger partial charge < -0.3 is 14.2 Å². The second-order valence-corrected chi connectivity index (χ2v) is 9.59. The van der Waals surface area contributed by atoms with Crippen LogP contribution in [0.4, 0.5) is 0 Å². The van der Waals surface area contributed by atoms with Crippen LogP contribution >= 0.6 is 12.1 Å². The maximum absolute atomic E-state index is 12.4. The van der Waals surface area contributed by atoms with Crippen molar-refractivity contribution in [2.24, 2.45) is 0 Å². The molecule has 0 saturated heterocycles. The van der Waals surface area contributed by atoms with Crippen LogP contribution in [0.15, 0.2) is 18.2 Å². The summed E-state index contributed by atoms with van der Waals surface area (Å²) in [6, 6.07) is 5.61. The predicted molar refractivity (Wildman–Crippen MR) is 128 cm³/mol.